The van der Waals surface area contributed by atoms with Crippen LogP contribution >= 0.6 is 0 Å². The molecule has 1 aromatic rings. The Labute approximate surface area is 144 Å². The Balaban J connectivity index is 0.000000381. The van der Waals surface area contributed by atoms with Gasteiger partial charge in [-0.2, -0.15) is 13.2 Å². The number of nitrogens with zero attached hydrogens (tertiary/aromatic N) is 1. The molecule has 142 valence electrons. The van der Waals surface area contributed by atoms with Crippen LogP contribution in [0.4, 0.5) is 13.2 Å². The lowest BCUT2D eigenvalue weighted by atomic mass is 10.2. The SMILES string of the molecule is Cc1ccc(CC(=O)NC[C@@H]2CC[C@H](C)N2C)o1.O=C(O)C(F)(F)F. The number of furan rings is 1. The van der Waals surface area contributed by atoms with E-state index in [9.17, 15) is 18.0 Å². The van der Waals surface area contributed by atoms with Gasteiger partial charge in [0.1, 0.15) is 11.5 Å². The van der Waals surface area contributed by atoms with E-state index in [0.29, 0.717) is 18.5 Å². The standard InChI is InChI=1S/C14H22N2O2.C2HF3O2/c1-10-4-6-12(16(10)3)9-15-14(17)8-13-7-5-11(2)18-13;3-2(4,5)1(6)7/h5,7,10,12H,4,6,8-9H2,1-3H3,(H,15,17);(H,6,7)/t10-,12-;/m0./s1. The molecule has 1 aliphatic rings. The first-order chi connectivity index (χ1) is 11.5. The van der Waals surface area contributed by atoms with Crippen LogP contribution < -0.4 is 5.32 Å². The highest BCUT2D eigenvalue weighted by Gasteiger charge is 2.38. The molecule has 2 rings (SSSR count). The summed E-state index contributed by atoms with van der Waals surface area (Å²) in [6, 6.07) is 4.84. The second-order valence-corrected chi connectivity index (χ2v) is 6.04. The summed E-state index contributed by atoms with van der Waals surface area (Å²) in [5.74, 6) is -1.13. The average Bonchev–Trinajstić information content (AvgIpc) is 3.04. The number of amides is 1. The lowest BCUT2D eigenvalue weighted by Gasteiger charge is -2.23. The van der Waals surface area contributed by atoms with Crippen molar-refractivity contribution in [2.24, 2.45) is 0 Å². The highest BCUT2D eigenvalue weighted by molar-refractivity contribution is 5.77. The summed E-state index contributed by atoms with van der Waals surface area (Å²) in [5.41, 5.74) is 0. The summed E-state index contributed by atoms with van der Waals surface area (Å²) >= 11 is 0. The normalized spacial score (nSPS) is 20.7. The third-order valence-electron chi connectivity index (χ3n) is 4.10. The number of hydrogen-bond acceptors (Lipinski definition) is 4. The van der Waals surface area contributed by atoms with Gasteiger partial charge in [-0.05, 0) is 45.9 Å². The van der Waals surface area contributed by atoms with Crippen molar-refractivity contribution < 1.29 is 32.3 Å². The van der Waals surface area contributed by atoms with E-state index in [2.05, 4.69) is 24.2 Å². The van der Waals surface area contributed by atoms with Crippen LogP contribution in [0, 0.1) is 6.92 Å². The summed E-state index contributed by atoms with van der Waals surface area (Å²) in [5, 5.41) is 10.1. The van der Waals surface area contributed by atoms with E-state index >= 15 is 0 Å². The third kappa shape index (κ3) is 7.16. The Morgan fingerprint density at radius 1 is 1.36 bits per heavy atom. The Morgan fingerprint density at radius 2 is 1.96 bits per heavy atom. The molecule has 2 heterocycles. The Hall–Kier alpha value is -2.03. The fourth-order valence-electron chi connectivity index (χ4n) is 2.48. The predicted molar refractivity (Wildman–Crippen MR) is 84.1 cm³/mol. The van der Waals surface area contributed by atoms with E-state index < -0.39 is 12.1 Å². The number of hydrogen-bond donors (Lipinski definition) is 2. The fraction of sp³-hybridized carbons (Fsp3) is 0.625. The van der Waals surface area contributed by atoms with Crippen LogP contribution in [0.1, 0.15) is 31.3 Å². The van der Waals surface area contributed by atoms with E-state index in [-0.39, 0.29) is 5.91 Å². The topological polar surface area (TPSA) is 82.8 Å². The molecular weight excluding hydrogens is 341 g/mol. The predicted octanol–water partition coefficient (Wildman–Crippen LogP) is 2.36. The number of likely N-dealkylation sites (tertiary alicyclic amines) is 1. The minimum absolute atomic E-state index is 0.0392. The van der Waals surface area contributed by atoms with Crippen LogP contribution in [-0.4, -0.2) is 53.7 Å². The molecule has 1 aliphatic heterocycles. The zero-order chi connectivity index (χ0) is 19.2. The van der Waals surface area contributed by atoms with Crippen LogP contribution in [0.3, 0.4) is 0 Å². The second-order valence-electron chi connectivity index (χ2n) is 6.04. The van der Waals surface area contributed by atoms with Crippen molar-refractivity contribution in [2.45, 2.75) is 51.4 Å². The highest BCUT2D eigenvalue weighted by atomic mass is 19.4. The van der Waals surface area contributed by atoms with E-state index in [0.717, 1.165) is 24.5 Å². The van der Waals surface area contributed by atoms with E-state index in [1.165, 1.54) is 6.42 Å². The molecule has 9 heteroatoms. The molecule has 1 amide bonds. The Morgan fingerprint density at radius 3 is 2.36 bits per heavy atom. The quantitative estimate of drug-likeness (QED) is 0.857. The number of carbonyl (C=O) groups is 2. The maximum Gasteiger partial charge on any atom is 0.490 e. The minimum atomic E-state index is -5.08. The Bertz CT molecular complexity index is 586. The number of halogens is 3. The molecule has 6 nitrogen and oxygen atoms in total. The van der Waals surface area contributed by atoms with Crippen molar-refractivity contribution in [1.29, 1.82) is 0 Å². The molecular formula is C16H23F3N2O4. The van der Waals surface area contributed by atoms with Crippen molar-refractivity contribution in [3.63, 3.8) is 0 Å². The lowest BCUT2D eigenvalue weighted by molar-refractivity contribution is -0.192. The fourth-order valence-corrected chi connectivity index (χ4v) is 2.48. The molecule has 2 atom stereocenters. The van der Waals surface area contributed by atoms with Crippen molar-refractivity contribution in [1.82, 2.24) is 10.2 Å². The molecule has 0 unspecified atom stereocenters. The molecule has 2 N–H and O–H groups in total. The van der Waals surface area contributed by atoms with Crippen molar-refractivity contribution >= 4 is 11.9 Å². The number of carboxylic acid groups (broad SMARTS) is 1. The van der Waals surface area contributed by atoms with E-state index in [4.69, 9.17) is 14.3 Å². The largest absolute Gasteiger partial charge is 0.490 e. The lowest BCUT2D eigenvalue weighted by Crippen LogP contribution is -2.40. The van der Waals surface area contributed by atoms with Gasteiger partial charge in [-0.15, -0.1) is 0 Å². The summed E-state index contributed by atoms with van der Waals surface area (Å²) < 4.78 is 37.1. The van der Waals surface area contributed by atoms with Gasteiger partial charge in [0.2, 0.25) is 5.91 Å². The van der Waals surface area contributed by atoms with Gasteiger partial charge in [0.05, 0.1) is 6.42 Å². The summed E-state index contributed by atoms with van der Waals surface area (Å²) in [4.78, 5) is 23.0. The number of nitrogens with one attached hydrogen (secondary N) is 1. The van der Waals surface area contributed by atoms with Crippen LogP contribution in [0.2, 0.25) is 0 Å². The third-order valence-corrected chi connectivity index (χ3v) is 4.10. The average molecular weight is 364 g/mol. The first-order valence-electron chi connectivity index (χ1n) is 7.84. The molecule has 1 saturated heterocycles. The molecule has 0 saturated carbocycles. The summed E-state index contributed by atoms with van der Waals surface area (Å²) in [6.45, 7) is 4.85. The number of likely N-dealkylation sites (N-methyl/N-ethyl adjacent to an activating group) is 1. The molecule has 0 bridgehead atoms. The minimum Gasteiger partial charge on any atom is -0.475 e. The number of alkyl halides is 3. The maximum atomic E-state index is 11.8. The zero-order valence-electron chi connectivity index (χ0n) is 14.4. The van der Waals surface area contributed by atoms with Gasteiger partial charge in [0.15, 0.2) is 0 Å². The summed E-state index contributed by atoms with van der Waals surface area (Å²) in [6.07, 6.45) is -2.37. The number of aryl methyl sites for hydroxylation is 1. The van der Waals surface area contributed by atoms with Gasteiger partial charge in [0, 0.05) is 18.6 Å². The van der Waals surface area contributed by atoms with Crippen LogP contribution in [0.5, 0.6) is 0 Å². The monoisotopic (exact) mass is 364 g/mol. The number of carbonyl (C=O) groups excluding carboxylic acids is 1. The zero-order valence-corrected chi connectivity index (χ0v) is 14.4. The molecule has 0 spiro atoms. The van der Waals surface area contributed by atoms with Crippen molar-refractivity contribution in [3.05, 3.63) is 23.7 Å². The van der Waals surface area contributed by atoms with Gasteiger partial charge < -0.3 is 14.8 Å². The van der Waals surface area contributed by atoms with Crippen LogP contribution in [0.15, 0.2) is 16.5 Å². The summed E-state index contributed by atoms with van der Waals surface area (Å²) in [7, 11) is 2.13. The molecule has 25 heavy (non-hydrogen) atoms. The second kappa shape index (κ2) is 8.89. The molecule has 0 aliphatic carbocycles. The van der Waals surface area contributed by atoms with Gasteiger partial charge in [-0.25, -0.2) is 4.79 Å². The van der Waals surface area contributed by atoms with Gasteiger partial charge in [-0.3, -0.25) is 9.69 Å². The van der Waals surface area contributed by atoms with E-state index in [1.807, 2.05) is 19.1 Å². The molecule has 1 aromatic heterocycles. The molecule has 0 aromatic carbocycles. The Kier molecular flexibility index (Phi) is 7.47. The van der Waals surface area contributed by atoms with Gasteiger partial charge in [-0.1, -0.05) is 0 Å². The van der Waals surface area contributed by atoms with Gasteiger partial charge in [0.25, 0.3) is 0 Å². The smallest absolute Gasteiger partial charge is 0.475 e. The van der Waals surface area contributed by atoms with Crippen LogP contribution in [-0.2, 0) is 16.0 Å². The van der Waals surface area contributed by atoms with Crippen molar-refractivity contribution in [3.8, 4) is 0 Å². The van der Waals surface area contributed by atoms with E-state index in [1.54, 1.807) is 0 Å². The van der Waals surface area contributed by atoms with Crippen LogP contribution in [0.25, 0.3) is 0 Å². The maximum absolute atomic E-state index is 11.8. The van der Waals surface area contributed by atoms with Crippen molar-refractivity contribution in [2.75, 3.05) is 13.6 Å². The number of carboxylic acids is 1. The highest BCUT2D eigenvalue weighted by Crippen LogP contribution is 2.20. The number of rotatable bonds is 4. The molecule has 0 radical (unpaired) electrons. The number of aliphatic carboxylic acids is 1. The molecule has 1 fully saturated rings. The van der Waals surface area contributed by atoms with Gasteiger partial charge >= 0.3 is 12.1 Å². The first kappa shape index (κ1) is 21.0. The first-order valence-corrected chi connectivity index (χ1v) is 7.84.